The Kier molecular flexibility index (Phi) is 11.1. The number of rotatable bonds is 8. The molecule has 0 bridgehead atoms. The molecule has 2 atom stereocenters. The number of amides is 1. The van der Waals surface area contributed by atoms with Crippen molar-refractivity contribution < 1.29 is 14.3 Å². The van der Waals surface area contributed by atoms with Crippen LogP contribution in [0.5, 0.6) is 0 Å². The molecule has 26 heavy (non-hydrogen) atoms. The van der Waals surface area contributed by atoms with E-state index in [0.717, 1.165) is 31.6 Å². The largest absolute Gasteiger partial charge is 0.469 e. The highest BCUT2D eigenvalue weighted by Crippen LogP contribution is 2.30. The van der Waals surface area contributed by atoms with Crippen molar-refractivity contribution >= 4 is 23.6 Å². The molecule has 2 unspecified atom stereocenters. The minimum Gasteiger partial charge on any atom is -0.469 e. The van der Waals surface area contributed by atoms with Gasteiger partial charge in [0, 0.05) is 24.3 Å². The number of ether oxygens (including phenoxy) is 1. The van der Waals surface area contributed by atoms with Crippen LogP contribution >= 0.6 is 11.8 Å². The first-order chi connectivity index (χ1) is 12.6. The van der Waals surface area contributed by atoms with Crippen LogP contribution in [0, 0.1) is 0 Å². The number of benzene rings is 1. The topological polar surface area (TPSA) is 46.6 Å². The molecule has 0 aromatic heterocycles. The van der Waals surface area contributed by atoms with Crippen LogP contribution < -0.4 is 0 Å². The van der Waals surface area contributed by atoms with Crippen LogP contribution in [0.4, 0.5) is 0 Å². The molecule has 146 valence electrons. The van der Waals surface area contributed by atoms with E-state index in [1.807, 2.05) is 60.8 Å². The minimum atomic E-state index is -0.234. The van der Waals surface area contributed by atoms with Gasteiger partial charge in [0.2, 0.25) is 5.91 Å². The summed E-state index contributed by atoms with van der Waals surface area (Å²) in [6.07, 6.45) is 3.55. The number of thioether (sulfide) groups is 1. The smallest absolute Gasteiger partial charge is 0.307 e. The van der Waals surface area contributed by atoms with Gasteiger partial charge in [-0.25, -0.2) is 0 Å². The Morgan fingerprint density at radius 2 is 1.92 bits per heavy atom. The molecule has 0 radical (unpaired) electrons. The normalized spacial score (nSPS) is 18.8. The van der Waals surface area contributed by atoms with Crippen molar-refractivity contribution in [2.75, 3.05) is 19.4 Å². The maximum Gasteiger partial charge on any atom is 0.307 e. The van der Waals surface area contributed by atoms with Gasteiger partial charge in [-0.15, -0.1) is 0 Å². The average Bonchev–Trinajstić information content (AvgIpc) is 3.09. The van der Waals surface area contributed by atoms with E-state index < -0.39 is 0 Å². The van der Waals surface area contributed by atoms with Crippen LogP contribution in [0.15, 0.2) is 30.3 Å². The van der Waals surface area contributed by atoms with Gasteiger partial charge in [-0.1, -0.05) is 51.1 Å². The first-order valence-electron chi connectivity index (χ1n) is 9.65. The Balaban J connectivity index is 0.00000163. The van der Waals surface area contributed by atoms with Crippen LogP contribution in [0.1, 0.15) is 52.0 Å². The highest BCUT2D eigenvalue weighted by molar-refractivity contribution is 7.99. The molecular formula is C21H33NO3S. The number of carbonyl (C=O) groups is 2. The zero-order valence-electron chi connectivity index (χ0n) is 16.6. The van der Waals surface area contributed by atoms with E-state index in [0.29, 0.717) is 18.1 Å². The molecule has 1 amide bonds. The van der Waals surface area contributed by atoms with Gasteiger partial charge < -0.3 is 9.64 Å². The molecule has 0 saturated carbocycles. The molecule has 1 aliphatic rings. The van der Waals surface area contributed by atoms with E-state index in [4.69, 9.17) is 4.74 Å². The number of hydrogen-bond donors (Lipinski definition) is 0. The summed E-state index contributed by atoms with van der Waals surface area (Å²) in [5, 5.41) is 0.431. The van der Waals surface area contributed by atoms with Crippen LogP contribution in [-0.2, 0) is 20.7 Å². The summed E-state index contributed by atoms with van der Waals surface area (Å²) in [6.45, 7) is 6.91. The van der Waals surface area contributed by atoms with Gasteiger partial charge in [0.05, 0.1) is 13.5 Å². The predicted octanol–water partition coefficient (Wildman–Crippen LogP) is 4.32. The number of likely N-dealkylation sites (tertiary alicyclic amines) is 1. The summed E-state index contributed by atoms with van der Waals surface area (Å²) in [6, 6.07) is 10.0. The molecule has 2 rings (SSSR count). The van der Waals surface area contributed by atoms with Gasteiger partial charge in [0.15, 0.2) is 0 Å². The summed E-state index contributed by atoms with van der Waals surface area (Å²) < 4.78 is 4.80. The lowest BCUT2D eigenvalue weighted by Crippen LogP contribution is -2.37. The van der Waals surface area contributed by atoms with E-state index in [9.17, 15) is 9.59 Å². The second-order valence-corrected chi connectivity index (χ2v) is 7.60. The summed E-state index contributed by atoms with van der Waals surface area (Å²) in [4.78, 5) is 26.3. The van der Waals surface area contributed by atoms with Crippen molar-refractivity contribution in [1.82, 2.24) is 4.90 Å². The fourth-order valence-corrected chi connectivity index (χ4v) is 4.29. The molecule has 1 saturated heterocycles. The SMILES string of the molecule is CC.CCCSC1CC(CC(=O)OC)N(C(=O)CCc2ccccc2)C1. The fraction of sp³-hybridized carbons (Fsp3) is 0.619. The number of aryl methyl sites for hydroxylation is 1. The lowest BCUT2D eigenvalue weighted by molar-refractivity contribution is -0.143. The van der Waals surface area contributed by atoms with Crippen molar-refractivity contribution in [3.05, 3.63) is 35.9 Å². The lowest BCUT2D eigenvalue weighted by Gasteiger charge is -2.24. The Bertz CT molecular complexity index is 535. The maximum atomic E-state index is 12.7. The fourth-order valence-electron chi connectivity index (χ4n) is 3.09. The Morgan fingerprint density at radius 1 is 1.23 bits per heavy atom. The van der Waals surface area contributed by atoms with Crippen molar-refractivity contribution in [1.29, 1.82) is 0 Å². The molecule has 4 nitrogen and oxygen atoms in total. The zero-order chi connectivity index (χ0) is 19.4. The summed E-state index contributed by atoms with van der Waals surface area (Å²) in [7, 11) is 1.40. The number of methoxy groups -OCH3 is 1. The quantitative estimate of drug-likeness (QED) is 0.631. The second-order valence-electron chi connectivity index (χ2n) is 6.19. The average molecular weight is 380 g/mol. The third-order valence-corrected chi connectivity index (χ3v) is 5.81. The first-order valence-corrected chi connectivity index (χ1v) is 10.7. The van der Waals surface area contributed by atoms with E-state index in [2.05, 4.69) is 6.92 Å². The van der Waals surface area contributed by atoms with Crippen LogP contribution in [0.2, 0.25) is 0 Å². The molecule has 0 N–H and O–H groups in total. The molecule has 1 aromatic rings. The van der Waals surface area contributed by atoms with Gasteiger partial charge in [-0.05, 0) is 30.6 Å². The molecule has 1 aliphatic heterocycles. The highest BCUT2D eigenvalue weighted by Gasteiger charge is 2.36. The molecular weight excluding hydrogens is 346 g/mol. The van der Waals surface area contributed by atoms with Crippen molar-refractivity contribution in [2.24, 2.45) is 0 Å². The molecule has 1 aromatic carbocycles. The highest BCUT2D eigenvalue weighted by atomic mass is 32.2. The van der Waals surface area contributed by atoms with Crippen LogP contribution in [0.3, 0.4) is 0 Å². The zero-order valence-corrected chi connectivity index (χ0v) is 17.4. The molecule has 0 aliphatic carbocycles. The van der Waals surface area contributed by atoms with Gasteiger partial charge >= 0.3 is 5.97 Å². The Labute approximate surface area is 162 Å². The van der Waals surface area contributed by atoms with Gasteiger partial charge in [0.25, 0.3) is 0 Å². The number of hydrogen-bond acceptors (Lipinski definition) is 4. The summed E-state index contributed by atoms with van der Waals surface area (Å²) >= 11 is 1.91. The summed E-state index contributed by atoms with van der Waals surface area (Å²) in [5.74, 6) is 1.01. The number of carbonyl (C=O) groups excluding carboxylic acids is 2. The van der Waals surface area contributed by atoms with Gasteiger partial charge in [0.1, 0.15) is 0 Å². The predicted molar refractivity (Wildman–Crippen MR) is 109 cm³/mol. The first kappa shape index (κ1) is 22.6. The van der Waals surface area contributed by atoms with E-state index >= 15 is 0 Å². The van der Waals surface area contributed by atoms with Crippen LogP contribution in [0.25, 0.3) is 0 Å². The van der Waals surface area contributed by atoms with Crippen molar-refractivity contribution in [3.63, 3.8) is 0 Å². The van der Waals surface area contributed by atoms with E-state index in [-0.39, 0.29) is 17.9 Å². The maximum absolute atomic E-state index is 12.7. The summed E-state index contributed by atoms with van der Waals surface area (Å²) in [5.41, 5.74) is 1.17. The van der Waals surface area contributed by atoms with E-state index in [1.54, 1.807) is 0 Å². The minimum absolute atomic E-state index is 0.0184. The van der Waals surface area contributed by atoms with Crippen molar-refractivity contribution in [2.45, 2.75) is 64.2 Å². The molecule has 1 fully saturated rings. The van der Waals surface area contributed by atoms with Gasteiger partial charge in [-0.3, -0.25) is 9.59 Å². The number of esters is 1. The molecule has 1 heterocycles. The lowest BCUT2D eigenvalue weighted by atomic mass is 10.1. The third kappa shape index (κ3) is 7.40. The second kappa shape index (κ2) is 12.8. The molecule has 0 spiro atoms. The number of nitrogens with zero attached hydrogens (tertiary/aromatic N) is 1. The van der Waals surface area contributed by atoms with Gasteiger partial charge in [-0.2, -0.15) is 11.8 Å². The third-order valence-electron chi connectivity index (χ3n) is 4.35. The Morgan fingerprint density at radius 3 is 2.54 bits per heavy atom. The molecule has 5 heteroatoms. The Hall–Kier alpha value is -1.49. The standard InChI is InChI=1S/C19H27NO3S.C2H6/c1-3-11-24-17-12-16(13-19(22)23-2)20(14-17)18(21)10-9-15-7-5-4-6-8-15;1-2/h4-8,16-17H,3,9-14H2,1-2H3;1-2H3. The van der Waals surface area contributed by atoms with Crippen molar-refractivity contribution in [3.8, 4) is 0 Å². The van der Waals surface area contributed by atoms with Crippen LogP contribution in [-0.4, -0.2) is 47.5 Å². The monoisotopic (exact) mass is 379 g/mol. The van der Waals surface area contributed by atoms with E-state index in [1.165, 1.54) is 12.7 Å².